The first-order chi connectivity index (χ1) is 11.6. The lowest BCUT2D eigenvalue weighted by Crippen LogP contribution is -2.23. The lowest BCUT2D eigenvalue weighted by atomic mass is 9.81. The van der Waals surface area contributed by atoms with Crippen LogP contribution in [0, 0.1) is 18.3 Å². The van der Waals surface area contributed by atoms with E-state index in [1.54, 1.807) is 24.6 Å². The summed E-state index contributed by atoms with van der Waals surface area (Å²) in [5.74, 6) is 0.286. The third-order valence-corrected chi connectivity index (χ3v) is 5.03. The molecule has 0 aliphatic carbocycles. The lowest BCUT2D eigenvalue weighted by molar-refractivity contribution is 0.392. The Labute approximate surface area is 145 Å². The molecule has 1 unspecified atom stereocenters. The predicted molar refractivity (Wildman–Crippen MR) is 94.4 cm³/mol. The molecule has 2 aromatic rings. The van der Waals surface area contributed by atoms with Gasteiger partial charge in [-0.3, -0.25) is 0 Å². The van der Waals surface area contributed by atoms with Crippen molar-refractivity contribution < 1.29 is 4.74 Å². The van der Waals surface area contributed by atoms with Gasteiger partial charge in [0, 0.05) is 39.8 Å². The normalized spacial score (nSPS) is 17.5. The quantitative estimate of drug-likeness (QED) is 0.922. The Bertz CT molecular complexity index is 888. The van der Waals surface area contributed by atoms with Gasteiger partial charge in [-0.05, 0) is 26.8 Å². The molecular weight excluding hydrogens is 320 g/mol. The molecule has 0 amide bonds. The fourth-order valence-corrected chi connectivity index (χ4v) is 3.94. The van der Waals surface area contributed by atoms with Gasteiger partial charge in [0.05, 0.1) is 24.7 Å². The van der Waals surface area contributed by atoms with E-state index < -0.39 is 0 Å². The van der Waals surface area contributed by atoms with E-state index in [1.807, 2.05) is 38.3 Å². The standard InChI is InChI=1S/C18H18N4OS/c1-10-9-24-18(21-10)15-12(3)22-11(2)14(8-19)16(15)13-6-5-7-20-17(13)23-4/h5-7,9,16,22H,1-4H3. The van der Waals surface area contributed by atoms with Crippen molar-refractivity contribution in [3.8, 4) is 11.9 Å². The Kier molecular flexibility index (Phi) is 4.36. The van der Waals surface area contributed by atoms with Gasteiger partial charge in [-0.25, -0.2) is 9.97 Å². The van der Waals surface area contributed by atoms with Crippen molar-refractivity contribution in [2.45, 2.75) is 26.7 Å². The summed E-state index contributed by atoms with van der Waals surface area (Å²) < 4.78 is 5.45. The summed E-state index contributed by atoms with van der Waals surface area (Å²) in [6.45, 7) is 5.90. The van der Waals surface area contributed by atoms with E-state index in [-0.39, 0.29) is 5.92 Å². The molecule has 24 heavy (non-hydrogen) atoms. The van der Waals surface area contributed by atoms with Crippen LogP contribution in [0.3, 0.4) is 0 Å². The van der Waals surface area contributed by atoms with Crippen molar-refractivity contribution in [3.05, 3.63) is 56.9 Å². The lowest BCUT2D eigenvalue weighted by Gasteiger charge is -2.29. The molecule has 0 spiro atoms. The molecule has 122 valence electrons. The number of ether oxygens (including phenoxy) is 1. The van der Waals surface area contributed by atoms with E-state index in [0.29, 0.717) is 11.5 Å². The van der Waals surface area contributed by atoms with Crippen LogP contribution in [0.1, 0.15) is 36.0 Å². The highest BCUT2D eigenvalue weighted by Crippen LogP contribution is 2.45. The predicted octanol–water partition coefficient (Wildman–Crippen LogP) is 3.77. The summed E-state index contributed by atoms with van der Waals surface area (Å²) in [7, 11) is 1.60. The Morgan fingerprint density at radius 3 is 2.71 bits per heavy atom. The smallest absolute Gasteiger partial charge is 0.217 e. The minimum absolute atomic E-state index is 0.245. The maximum Gasteiger partial charge on any atom is 0.217 e. The average Bonchev–Trinajstić information content (AvgIpc) is 3.00. The summed E-state index contributed by atoms with van der Waals surface area (Å²) in [6.07, 6.45) is 1.69. The molecule has 5 nitrogen and oxygen atoms in total. The zero-order valence-corrected chi connectivity index (χ0v) is 14.9. The monoisotopic (exact) mass is 338 g/mol. The van der Waals surface area contributed by atoms with Crippen molar-refractivity contribution in [1.82, 2.24) is 15.3 Å². The third-order valence-electron chi connectivity index (χ3n) is 4.04. The van der Waals surface area contributed by atoms with E-state index in [0.717, 1.165) is 33.2 Å². The Balaban J connectivity index is 2.26. The second kappa shape index (κ2) is 6.46. The molecule has 0 radical (unpaired) electrons. The number of aromatic nitrogens is 2. The molecule has 0 saturated carbocycles. The zero-order chi connectivity index (χ0) is 17.3. The maximum absolute atomic E-state index is 9.76. The molecule has 0 aromatic carbocycles. The third kappa shape index (κ3) is 2.68. The second-order valence-electron chi connectivity index (χ2n) is 5.64. The van der Waals surface area contributed by atoms with E-state index >= 15 is 0 Å². The van der Waals surface area contributed by atoms with Crippen LogP contribution in [0.25, 0.3) is 5.57 Å². The summed E-state index contributed by atoms with van der Waals surface area (Å²) in [5, 5.41) is 16.0. The summed E-state index contributed by atoms with van der Waals surface area (Å²) in [5.41, 5.74) is 5.35. The summed E-state index contributed by atoms with van der Waals surface area (Å²) in [6, 6.07) is 6.18. The number of hydrogen-bond donors (Lipinski definition) is 1. The highest BCUT2D eigenvalue weighted by molar-refractivity contribution is 7.10. The first-order valence-electron chi connectivity index (χ1n) is 7.56. The van der Waals surface area contributed by atoms with Gasteiger partial charge in [0.25, 0.3) is 0 Å². The van der Waals surface area contributed by atoms with Gasteiger partial charge >= 0.3 is 0 Å². The Morgan fingerprint density at radius 2 is 2.08 bits per heavy atom. The van der Waals surface area contributed by atoms with Gasteiger partial charge in [0.15, 0.2) is 0 Å². The van der Waals surface area contributed by atoms with Gasteiger partial charge in [0.1, 0.15) is 5.01 Å². The van der Waals surface area contributed by atoms with Gasteiger partial charge < -0.3 is 10.1 Å². The molecule has 6 heteroatoms. The van der Waals surface area contributed by atoms with Crippen LogP contribution in [-0.2, 0) is 0 Å². The van der Waals surface area contributed by atoms with Crippen molar-refractivity contribution >= 4 is 16.9 Å². The minimum Gasteiger partial charge on any atom is -0.481 e. The van der Waals surface area contributed by atoms with Crippen LogP contribution in [0.2, 0.25) is 0 Å². The van der Waals surface area contributed by atoms with Crippen molar-refractivity contribution in [1.29, 1.82) is 5.26 Å². The number of rotatable bonds is 3. The van der Waals surface area contributed by atoms with Gasteiger partial charge in [-0.15, -0.1) is 11.3 Å². The highest BCUT2D eigenvalue weighted by atomic mass is 32.1. The average molecular weight is 338 g/mol. The molecule has 2 aromatic heterocycles. The first kappa shape index (κ1) is 16.2. The second-order valence-corrected chi connectivity index (χ2v) is 6.50. The summed E-state index contributed by atoms with van der Waals surface area (Å²) in [4.78, 5) is 8.95. The number of nitrogens with one attached hydrogen (secondary N) is 1. The molecule has 0 bridgehead atoms. The minimum atomic E-state index is -0.245. The highest BCUT2D eigenvalue weighted by Gasteiger charge is 2.33. The topological polar surface area (TPSA) is 70.8 Å². The maximum atomic E-state index is 9.76. The van der Waals surface area contributed by atoms with Crippen LogP contribution in [0.15, 0.2) is 40.7 Å². The van der Waals surface area contributed by atoms with Crippen molar-refractivity contribution in [3.63, 3.8) is 0 Å². The molecule has 1 atom stereocenters. The number of nitriles is 1. The molecule has 1 aliphatic heterocycles. The number of methoxy groups -OCH3 is 1. The van der Waals surface area contributed by atoms with Crippen LogP contribution in [0.4, 0.5) is 0 Å². The van der Waals surface area contributed by atoms with Crippen LogP contribution in [0.5, 0.6) is 5.88 Å². The molecule has 3 rings (SSSR count). The summed E-state index contributed by atoms with van der Waals surface area (Å²) >= 11 is 1.58. The first-order valence-corrected chi connectivity index (χ1v) is 8.44. The van der Waals surface area contributed by atoms with Gasteiger partial charge in [0.2, 0.25) is 5.88 Å². The molecule has 1 N–H and O–H groups in total. The Morgan fingerprint density at radius 1 is 1.29 bits per heavy atom. The van der Waals surface area contributed by atoms with E-state index in [4.69, 9.17) is 4.74 Å². The molecule has 0 saturated heterocycles. The number of thiazole rings is 1. The van der Waals surface area contributed by atoms with Crippen LogP contribution >= 0.6 is 11.3 Å². The largest absolute Gasteiger partial charge is 0.481 e. The number of allylic oxidation sites excluding steroid dienone is 4. The number of dihydropyridines is 1. The fourth-order valence-electron chi connectivity index (χ4n) is 3.01. The Hall–Kier alpha value is -2.65. The van der Waals surface area contributed by atoms with E-state index in [1.165, 1.54) is 0 Å². The van der Waals surface area contributed by atoms with Gasteiger partial charge in [-0.1, -0.05) is 6.07 Å². The zero-order valence-electron chi connectivity index (χ0n) is 14.0. The number of nitrogens with zero attached hydrogens (tertiary/aromatic N) is 3. The molecular formula is C18H18N4OS. The molecule has 1 aliphatic rings. The van der Waals surface area contributed by atoms with Crippen molar-refractivity contribution in [2.75, 3.05) is 7.11 Å². The SMILES string of the molecule is COc1ncccc1C1C(C#N)=C(C)NC(C)=C1c1nc(C)cs1. The fraction of sp³-hybridized carbons (Fsp3) is 0.278. The molecule has 3 heterocycles. The molecule has 0 fully saturated rings. The van der Waals surface area contributed by atoms with Crippen LogP contribution in [-0.4, -0.2) is 17.1 Å². The number of aryl methyl sites for hydroxylation is 1. The number of pyridine rings is 1. The van der Waals surface area contributed by atoms with E-state index in [2.05, 4.69) is 21.4 Å². The number of hydrogen-bond acceptors (Lipinski definition) is 6. The van der Waals surface area contributed by atoms with Gasteiger partial charge in [-0.2, -0.15) is 5.26 Å². The van der Waals surface area contributed by atoms with Crippen LogP contribution < -0.4 is 10.1 Å². The van der Waals surface area contributed by atoms with Crippen molar-refractivity contribution in [2.24, 2.45) is 0 Å². The van der Waals surface area contributed by atoms with E-state index in [9.17, 15) is 5.26 Å².